The number of nitrogens with zero attached hydrogens (tertiary/aromatic N) is 3. The monoisotopic (exact) mass is 432 g/mol. The number of piperazine rings is 1. The lowest BCUT2D eigenvalue weighted by molar-refractivity contribution is 0.0620. The van der Waals surface area contributed by atoms with Crippen LogP contribution in [-0.4, -0.2) is 40.0 Å². The topological polar surface area (TPSA) is 50.2 Å². The third-order valence-electron chi connectivity index (χ3n) is 3.77. The molecule has 1 atom stereocenters. The normalized spacial score (nSPS) is 17.9. The number of aryl methyl sites for hydroxylation is 1. The molecular formula is C15H18ClIN4O. The largest absolute Gasteiger partial charge is 0.336 e. The number of carbonyl (C=O) groups excluding carboxylic acids is 1. The number of hydrogen-bond acceptors (Lipinski definition) is 3. The van der Waals surface area contributed by atoms with Crippen molar-refractivity contribution in [1.29, 1.82) is 0 Å². The Bertz CT molecular complexity index is 660. The molecule has 1 amide bonds. The van der Waals surface area contributed by atoms with Gasteiger partial charge < -0.3 is 14.8 Å². The lowest BCUT2D eigenvalue weighted by Crippen LogP contribution is -2.49. The first-order chi connectivity index (χ1) is 10.2. The molecule has 22 heavy (non-hydrogen) atoms. The molecule has 5 nitrogen and oxygen atoms in total. The molecule has 0 spiro atoms. The number of aromatic nitrogens is 2. The van der Waals surface area contributed by atoms with Crippen LogP contribution in [0.1, 0.15) is 22.2 Å². The summed E-state index contributed by atoms with van der Waals surface area (Å²) in [4.78, 5) is 19.2. The average Bonchev–Trinajstić information content (AvgIpc) is 2.93. The first-order valence-corrected chi connectivity index (χ1v) is 8.00. The van der Waals surface area contributed by atoms with E-state index in [-0.39, 0.29) is 24.4 Å². The van der Waals surface area contributed by atoms with E-state index in [1.165, 1.54) is 0 Å². The molecule has 0 saturated carbocycles. The zero-order chi connectivity index (χ0) is 14.8. The Morgan fingerprint density at radius 3 is 2.86 bits per heavy atom. The molecular weight excluding hydrogens is 415 g/mol. The molecule has 1 unspecified atom stereocenters. The fourth-order valence-electron chi connectivity index (χ4n) is 2.67. The van der Waals surface area contributed by atoms with E-state index in [4.69, 9.17) is 0 Å². The Morgan fingerprint density at radius 1 is 1.41 bits per heavy atom. The van der Waals surface area contributed by atoms with Crippen LogP contribution in [0.15, 0.2) is 36.7 Å². The van der Waals surface area contributed by atoms with Crippen LogP contribution in [-0.2, 0) is 7.05 Å². The van der Waals surface area contributed by atoms with Gasteiger partial charge in [0.25, 0.3) is 5.91 Å². The second-order valence-corrected chi connectivity index (χ2v) is 6.26. The number of carbonyl (C=O) groups is 1. The van der Waals surface area contributed by atoms with Gasteiger partial charge in [0.05, 0.1) is 5.56 Å². The van der Waals surface area contributed by atoms with Gasteiger partial charge in [-0.15, -0.1) is 12.4 Å². The molecule has 0 radical (unpaired) electrons. The van der Waals surface area contributed by atoms with Crippen molar-refractivity contribution in [2.45, 2.75) is 6.04 Å². The molecule has 1 aliphatic heterocycles. The number of hydrogen-bond donors (Lipinski definition) is 1. The minimum absolute atomic E-state index is 0. The quantitative estimate of drug-likeness (QED) is 0.741. The number of benzene rings is 1. The molecule has 0 aliphatic carbocycles. The highest BCUT2D eigenvalue weighted by molar-refractivity contribution is 14.1. The van der Waals surface area contributed by atoms with Crippen LogP contribution >= 0.6 is 35.0 Å². The van der Waals surface area contributed by atoms with Crippen molar-refractivity contribution < 1.29 is 4.79 Å². The zero-order valence-electron chi connectivity index (χ0n) is 12.2. The van der Waals surface area contributed by atoms with Crippen LogP contribution in [0.3, 0.4) is 0 Å². The molecule has 1 aromatic carbocycles. The molecule has 3 rings (SSSR count). The van der Waals surface area contributed by atoms with Crippen molar-refractivity contribution >= 4 is 40.9 Å². The molecule has 2 heterocycles. The zero-order valence-corrected chi connectivity index (χ0v) is 15.2. The van der Waals surface area contributed by atoms with Gasteiger partial charge in [-0.3, -0.25) is 4.79 Å². The first-order valence-electron chi connectivity index (χ1n) is 6.92. The maximum Gasteiger partial charge on any atom is 0.255 e. The number of imidazole rings is 1. The third-order valence-corrected chi connectivity index (χ3v) is 4.71. The van der Waals surface area contributed by atoms with Gasteiger partial charge in [-0.1, -0.05) is 12.1 Å². The number of nitrogens with one attached hydrogen (secondary N) is 1. The van der Waals surface area contributed by atoms with E-state index < -0.39 is 0 Å². The van der Waals surface area contributed by atoms with Gasteiger partial charge >= 0.3 is 0 Å². The summed E-state index contributed by atoms with van der Waals surface area (Å²) in [5.41, 5.74) is 0.763. The summed E-state index contributed by atoms with van der Waals surface area (Å²) < 4.78 is 2.96. The molecule has 7 heteroatoms. The Kier molecular flexibility index (Phi) is 5.82. The van der Waals surface area contributed by atoms with Gasteiger partial charge in [-0.05, 0) is 34.7 Å². The van der Waals surface area contributed by atoms with E-state index in [1.54, 1.807) is 6.20 Å². The van der Waals surface area contributed by atoms with Crippen LogP contribution < -0.4 is 5.32 Å². The number of rotatable bonds is 2. The Labute approximate surface area is 149 Å². The van der Waals surface area contributed by atoms with Crippen molar-refractivity contribution in [3.8, 4) is 0 Å². The smallest absolute Gasteiger partial charge is 0.255 e. The minimum Gasteiger partial charge on any atom is -0.336 e. The molecule has 118 valence electrons. The molecule has 1 saturated heterocycles. The molecule has 1 aliphatic rings. The first kappa shape index (κ1) is 17.2. The van der Waals surface area contributed by atoms with Crippen molar-refractivity contribution in [3.05, 3.63) is 51.6 Å². The predicted octanol–water partition coefficient (Wildman–Crippen LogP) is 2.23. The fraction of sp³-hybridized carbons (Fsp3) is 0.333. The van der Waals surface area contributed by atoms with E-state index in [0.717, 1.165) is 28.0 Å². The second-order valence-electron chi connectivity index (χ2n) is 5.09. The summed E-state index contributed by atoms with van der Waals surface area (Å²) in [6.07, 6.45) is 3.69. The highest BCUT2D eigenvalue weighted by atomic mass is 127. The number of halogens is 2. The highest BCUT2D eigenvalue weighted by Gasteiger charge is 2.31. The summed E-state index contributed by atoms with van der Waals surface area (Å²) in [6, 6.07) is 7.69. The minimum atomic E-state index is -0.0257. The SMILES string of the molecule is Cl.Cn1ccnc1C1CNCCN1C(=O)c1ccccc1I. The van der Waals surface area contributed by atoms with Crippen molar-refractivity contribution in [2.75, 3.05) is 19.6 Å². The molecule has 1 fully saturated rings. The van der Waals surface area contributed by atoms with Crippen LogP contribution in [0.4, 0.5) is 0 Å². The Balaban J connectivity index is 0.00000176. The van der Waals surface area contributed by atoms with Crippen LogP contribution in [0.2, 0.25) is 0 Å². The fourth-order valence-corrected chi connectivity index (χ4v) is 3.28. The van der Waals surface area contributed by atoms with Gasteiger partial charge in [-0.25, -0.2) is 4.98 Å². The van der Waals surface area contributed by atoms with Gasteiger partial charge in [0.2, 0.25) is 0 Å². The highest BCUT2D eigenvalue weighted by Crippen LogP contribution is 2.24. The van der Waals surface area contributed by atoms with Gasteiger partial charge in [-0.2, -0.15) is 0 Å². The molecule has 2 aromatic rings. The molecule has 0 bridgehead atoms. The van der Waals surface area contributed by atoms with Crippen LogP contribution in [0.25, 0.3) is 0 Å². The van der Waals surface area contributed by atoms with Crippen molar-refractivity contribution in [1.82, 2.24) is 19.8 Å². The predicted molar refractivity (Wildman–Crippen MR) is 96.3 cm³/mol. The number of amides is 1. The summed E-state index contributed by atoms with van der Waals surface area (Å²) in [5.74, 6) is 0.996. The van der Waals surface area contributed by atoms with E-state index in [2.05, 4.69) is 32.9 Å². The standard InChI is InChI=1S/C15H17IN4O.ClH/c1-19-8-7-18-14(19)13-10-17-6-9-20(13)15(21)11-4-2-3-5-12(11)16;/h2-5,7-8,13,17H,6,9-10H2,1H3;1H. The molecule has 1 aromatic heterocycles. The van der Waals surface area contributed by atoms with E-state index in [9.17, 15) is 4.79 Å². The Morgan fingerprint density at radius 2 is 2.18 bits per heavy atom. The summed E-state index contributed by atoms with van der Waals surface area (Å²) in [7, 11) is 1.96. The second kappa shape index (κ2) is 7.43. The van der Waals surface area contributed by atoms with E-state index in [1.807, 2.05) is 47.0 Å². The lowest BCUT2D eigenvalue weighted by atomic mass is 10.1. The summed E-state index contributed by atoms with van der Waals surface area (Å²) in [5, 5.41) is 3.35. The summed E-state index contributed by atoms with van der Waals surface area (Å²) >= 11 is 2.22. The van der Waals surface area contributed by atoms with Gasteiger partial charge in [0.15, 0.2) is 0 Å². The van der Waals surface area contributed by atoms with Crippen LogP contribution in [0, 0.1) is 3.57 Å². The van der Waals surface area contributed by atoms with Crippen molar-refractivity contribution in [3.63, 3.8) is 0 Å². The van der Waals surface area contributed by atoms with E-state index >= 15 is 0 Å². The maximum atomic E-state index is 12.9. The van der Waals surface area contributed by atoms with Gasteiger partial charge in [0, 0.05) is 42.6 Å². The molecule has 1 N–H and O–H groups in total. The summed E-state index contributed by atoms with van der Waals surface area (Å²) in [6.45, 7) is 2.25. The van der Waals surface area contributed by atoms with Crippen LogP contribution in [0.5, 0.6) is 0 Å². The lowest BCUT2D eigenvalue weighted by Gasteiger charge is -2.36. The maximum absolute atomic E-state index is 12.9. The van der Waals surface area contributed by atoms with Gasteiger partial charge in [0.1, 0.15) is 11.9 Å². The third kappa shape index (κ3) is 3.28. The van der Waals surface area contributed by atoms with Crippen molar-refractivity contribution in [2.24, 2.45) is 7.05 Å². The van der Waals surface area contributed by atoms with E-state index in [0.29, 0.717) is 6.54 Å². The average molecular weight is 433 g/mol. The Hall–Kier alpha value is -1.12.